The highest BCUT2D eigenvalue weighted by molar-refractivity contribution is 5.96. The zero-order chi connectivity index (χ0) is 22.0. The summed E-state index contributed by atoms with van der Waals surface area (Å²) in [5.74, 6) is 2.76. The number of nitrogens with zero attached hydrogens (tertiary/aromatic N) is 3. The van der Waals surface area contributed by atoms with Crippen LogP contribution in [0.2, 0.25) is 0 Å². The molecule has 0 bridgehead atoms. The second kappa shape index (κ2) is 8.46. The molecular formula is C24H23N5O3. The molecule has 162 valence electrons. The molecule has 2 N–H and O–H groups in total. The van der Waals surface area contributed by atoms with Crippen molar-refractivity contribution in [2.75, 3.05) is 36.9 Å². The van der Waals surface area contributed by atoms with Crippen LogP contribution in [0.4, 0.5) is 22.0 Å². The zero-order valence-corrected chi connectivity index (χ0v) is 17.5. The van der Waals surface area contributed by atoms with Gasteiger partial charge in [-0.15, -0.1) is 6.42 Å². The molecule has 3 aromatic rings. The Morgan fingerprint density at radius 1 is 1.06 bits per heavy atom. The zero-order valence-electron chi connectivity index (χ0n) is 17.5. The molecule has 0 radical (unpaired) electrons. The molecule has 1 aromatic heterocycles. The van der Waals surface area contributed by atoms with Gasteiger partial charge in [-0.3, -0.25) is 0 Å². The summed E-state index contributed by atoms with van der Waals surface area (Å²) in [6, 6.07) is 13.0. The highest BCUT2D eigenvalue weighted by Crippen LogP contribution is 2.32. The van der Waals surface area contributed by atoms with Crippen molar-refractivity contribution in [2.45, 2.75) is 18.6 Å². The van der Waals surface area contributed by atoms with E-state index in [0.717, 1.165) is 22.2 Å². The van der Waals surface area contributed by atoms with Gasteiger partial charge in [0.1, 0.15) is 12.1 Å². The summed E-state index contributed by atoms with van der Waals surface area (Å²) in [5.41, 5.74) is 3.04. The van der Waals surface area contributed by atoms with Gasteiger partial charge in [-0.05, 0) is 36.4 Å². The van der Waals surface area contributed by atoms with Gasteiger partial charge in [-0.2, -0.15) is 0 Å². The van der Waals surface area contributed by atoms with Crippen LogP contribution in [0, 0.1) is 12.3 Å². The van der Waals surface area contributed by atoms with E-state index in [-0.39, 0.29) is 6.03 Å². The minimum atomic E-state index is -0.506. The van der Waals surface area contributed by atoms with Crippen LogP contribution in [-0.2, 0) is 9.47 Å². The number of aromatic nitrogens is 2. The third-order valence-corrected chi connectivity index (χ3v) is 5.80. The minimum absolute atomic E-state index is 0.148. The first-order valence-corrected chi connectivity index (χ1v) is 10.6. The Bertz CT molecular complexity index is 1190. The van der Waals surface area contributed by atoms with E-state index in [0.29, 0.717) is 50.7 Å². The first-order chi connectivity index (χ1) is 15.6. The average Bonchev–Trinajstić information content (AvgIpc) is 3.28. The number of fused-ring (bicyclic) bond motifs is 1. The number of anilines is 3. The van der Waals surface area contributed by atoms with E-state index in [1.807, 2.05) is 42.5 Å². The van der Waals surface area contributed by atoms with Crippen molar-refractivity contribution in [2.24, 2.45) is 0 Å². The number of amides is 2. The lowest BCUT2D eigenvalue weighted by molar-refractivity contribution is -0.181. The van der Waals surface area contributed by atoms with Crippen molar-refractivity contribution in [3.63, 3.8) is 0 Å². The summed E-state index contributed by atoms with van der Waals surface area (Å²) in [4.78, 5) is 23.3. The van der Waals surface area contributed by atoms with Gasteiger partial charge in [0.05, 0.1) is 18.7 Å². The topological polar surface area (TPSA) is 88.6 Å². The van der Waals surface area contributed by atoms with Crippen molar-refractivity contribution >= 4 is 34.1 Å². The number of hydrogen-bond acceptors (Lipinski definition) is 6. The summed E-state index contributed by atoms with van der Waals surface area (Å²) in [6.07, 6.45) is 8.36. The lowest BCUT2D eigenvalue weighted by Gasteiger charge is -2.37. The molecule has 2 aliphatic heterocycles. The fourth-order valence-corrected chi connectivity index (χ4v) is 4.10. The molecule has 2 aliphatic rings. The molecule has 0 aliphatic carbocycles. The number of nitrogens with one attached hydrogen (secondary N) is 2. The monoisotopic (exact) mass is 429 g/mol. The van der Waals surface area contributed by atoms with Crippen LogP contribution in [0.5, 0.6) is 0 Å². The fraction of sp³-hybridized carbons (Fsp3) is 0.292. The highest BCUT2D eigenvalue weighted by atomic mass is 16.7. The third kappa shape index (κ3) is 4.08. The average molecular weight is 429 g/mol. The predicted octanol–water partition coefficient (Wildman–Crippen LogP) is 3.73. The van der Waals surface area contributed by atoms with E-state index >= 15 is 0 Å². The Balaban J connectivity index is 1.32. The summed E-state index contributed by atoms with van der Waals surface area (Å²) in [6.45, 7) is 2.41. The number of carbonyl (C=O) groups is 1. The van der Waals surface area contributed by atoms with Gasteiger partial charge in [0.15, 0.2) is 5.79 Å². The summed E-state index contributed by atoms with van der Waals surface area (Å²) in [5, 5.41) is 7.08. The number of ether oxygens (including phenoxy) is 2. The number of carbonyl (C=O) groups excluding carboxylic acids is 1. The first-order valence-electron chi connectivity index (χ1n) is 10.6. The van der Waals surface area contributed by atoms with Gasteiger partial charge >= 0.3 is 6.03 Å². The molecule has 32 heavy (non-hydrogen) atoms. The molecule has 8 nitrogen and oxygen atoms in total. The molecule has 0 atom stereocenters. The van der Waals surface area contributed by atoms with Crippen LogP contribution in [0.1, 0.15) is 18.4 Å². The predicted molar refractivity (Wildman–Crippen MR) is 122 cm³/mol. The molecule has 8 heteroatoms. The smallest absolute Gasteiger partial charge is 0.321 e. The van der Waals surface area contributed by atoms with Crippen LogP contribution >= 0.6 is 0 Å². The molecule has 2 amide bonds. The minimum Gasteiger partial charge on any atom is -0.347 e. The van der Waals surface area contributed by atoms with Gasteiger partial charge in [-0.1, -0.05) is 12.0 Å². The molecule has 2 fully saturated rings. The van der Waals surface area contributed by atoms with Crippen molar-refractivity contribution < 1.29 is 14.3 Å². The maximum Gasteiger partial charge on any atom is 0.321 e. The second-order valence-electron chi connectivity index (χ2n) is 7.83. The lowest BCUT2D eigenvalue weighted by Crippen LogP contribution is -2.48. The van der Waals surface area contributed by atoms with Crippen LogP contribution < -0.4 is 10.6 Å². The number of benzene rings is 2. The van der Waals surface area contributed by atoms with Gasteiger partial charge < -0.3 is 25.0 Å². The second-order valence-corrected chi connectivity index (χ2v) is 7.83. The number of rotatable bonds is 3. The molecule has 5 rings (SSSR count). The quantitative estimate of drug-likeness (QED) is 0.617. The number of hydrogen-bond donors (Lipinski definition) is 2. The number of piperidine rings is 1. The molecule has 2 aromatic carbocycles. The molecule has 2 saturated heterocycles. The molecular weight excluding hydrogens is 406 g/mol. The SMILES string of the molecule is C#Cc1cccc(Nc2ncnc3ccc(NC(=O)N4CCC5(CC4)OCCO5)cc23)c1. The van der Waals surface area contributed by atoms with Crippen LogP contribution in [0.3, 0.4) is 0 Å². The van der Waals surface area contributed by atoms with Crippen molar-refractivity contribution in [1.29, 1.82) is 0 Å². The fourth-order valence-electron chi connectivity index (χ4n) is 4.10. The number of likely N-dealkylation sites (tertiary alicyclic amines) is 1. The van der Waals surface area contributed by atoms with Crippen LogP contribution in [0.25, 0.3) is 10.9 Å². The maximum atomic E-state index is 12.8. The van der Waals surface area contributed by atoms with Gasteiger partial charge in [0, 0.05) is 48.3 Å². The van der Waals surface area contributed by atoms with Gasteiger partial charge in [0.2, 0.25) is 0 Å². The maximum absolute atomic E-state index is 12.8. The first kappa shape index (κ1) is 20.2. The van der Waals surface area contributed by atoms with E-state index in [4.69, 9.17) is 15.9 Å². The van der Waals surface area contributed by atoms with Gasteiger partial charge in [-0.25, -0.2) is 14.8 Å². The summed E-state index contributed by atoms with van der Waals surface area (Å²) < 4.78 is 11.5. The van der Waals surface area contributed by atoms with E-state index in [1.165, 1.54) is 6.33 Å². The van der Waals surface area contributed by atoms with Crippen LogP contribution in [0.15, 0.2) is 48.8 Å². The van der Waals surface area contributed by atoms with Crippen LogP contribution in [-0.4, -0.2) is 53.0 Å². The van der Waals surface area contributed by atoms with E-state index in [2.05, 4.69) is 26.5 Å². The summed E-state index contributed by atoms with van der Waals surface area (Å²) >= 11 is 0. The van der Waals surface area contributed by atoms with E-state index < -0.39 is 5.79 Å². The summed E-state index contributed by atoms with van der Waals surface area (Å²) in [7, 11) is 0. The number of terminal acetylenes is 1. The molecule has 0 unspecified atom stereocenters. The van der Waals surface area contributed by atoms with E-state index in [1.54, 1.807) is 4.90 Å². The number of urea groups is 1. The Morgan fingerprint density at radius 2 is 1.88 bits per heavy atom. The third-order valence-electron chi connectivity index (χ3n) is 5.80. The van der Waals surface area contributed by atoms with E-state index in [9.17, 15) is 4.79 Å². The Labute approximate surface area is 185 Å². The highest BCUT2D eigenvalue weighted by Gasteiger charge is 2.40. The van der Waals surface area contributed by atoms with Crippen molar-refractivity contribution in [3.05, 3.63) is 54.4 Å². The normalized spacial score (nSPS) is 17.3. The molecule has 3 heterocycles. The Morgan fingerprint density at radius 3 is 2.66 bits per heavy atom. The Hall–Kier alpha value is -3.67. The Kier molecular flexibility index (Phi) is 5.35. The lowest BCUT2D eigenvalue weighted by atomic mass is 10.0. The van der Waals surface area contributed by atoms with Crippen molar-refractivity contribution in [3.8, 4) is 12.3 Å². The molecule has 0 saturated carbocycles. The van der Waals surface area contributed by atoms with Crippen molar-refractivity contribution in [1.82, 2.24) is 14.9 Å². The standard InChI is InChI=1S/C24H23N5O3/c1-2-17-4-3-5-18(14-17)27-22-20-15-19(6-7-21(20)25-16-26-22)28-23(30)29-10-8-24(9-11-29)31-12-13-32-24/h1,3-7,14-16H,8-13H2,(H,28,30)(H,25,26,27). The largest absolute Gasteiger partial charge is 0.347 e. The molecule has 1 spiro atoms. The van der Waals surface area contributed by atoms with Gasteiger partial charge in [0.25, 0.3) is 0 Å².